The maximum atomic E-state index is 12.5. The number of para-hydroxylation sites is 1. The fourth-order valence-electron chi connectivity index (χ4n) is 3.43. The fraction of sp³-hybridized carbons (Fsp3) is 0.130. The van der Waals surface area contributed by atoms with Gasteiger partial charge in [0, 0.05) is 47.5 Å². The zero-order valence-electron chi connectivity index (χ0n) is 15.6. The average molecular weight is 371 g/mol. The van der Waals surface area contributed by atoms with Crippen molar-refractivity contribution in [3.63, 3.8) is 0 Å². The first-order valence-corrected chi connectivity index (χ1v) is 9.14. The summed E-state index contributed by atoms with van der Waals surface area (Å²) in [7, 11) is 1.65. The van der Waals surface area contributed by atoms with Crippen LogP contribution in [0.2, 0.25) is 0 Å². The molecule has 4 rings (SSSR count). The predicted molar refractivity (Wildman–Crippen MR) is 110 cm³/mol. The van der Waals surface area contributed by atoms with Gasteiger partial charge in [0.15, 0.2) is 0 Å². The van der Waals surface area contributed by atoms with Crippen molar-refractivity contribution in [3.05, 3.63) is 95.9 Å². The predicted octanol–water partition coefficient (Wildman–Crippen LogP) is 4.13. The summed E-state index contributed by atoms with van der Waals surface area (Å²) >= 11 is 0. The Balaban J connectivity index is 1.66. The van der Waals surface area contributed by atoms with Gasteiger partial charge in [-0.15, -0.1) is 0 Å². The summed E-state index contributed by atoms with van der Waals surface area (Å²) in [5.74, 6) is 0.704. The SMILES string of the molecule is COc1ccc([C@@H](CNC(=O)c2ccncc2)c2c[nH]c3ccccc23)cc1. The van der Waals surface area contributed by atoms with Crippen molar-refractivity contribution < 1.29 is 9.53 Å². The van der Waals surface area contributed by atoms with Gasteiger partial charge < -0.3 is 15.0 Å². The molecule has 2 N–H and O–H groups in total. The third-order valence-corrected chi connectivity index (χ3v) is 4.92. The number of ether oxygens (including phenoxy) is 1. The normalized spacial score (nSPS) is 11.9. The number of fused-ring (bicyclic) bond motifs is 1. The number of hydrogen-bond donors (Lipinski definition) is 2. The number of pyridine rings is 1. The van der Waals surface area contributed by atoms with Gasteiger partial charge >= 0.3 is 0 Å². The molecule has 4 aromatic rings. The van der Waals surface area contributed by atoms with E-state index in [1.54, 1.807) is 31.6 Å². The minimum absolute atomic E-state index is 0.00726. The number of hydrogen-bond acceptors (Lipinski definition) is 3. The molecular formula is C23H21N3O2. The Bertz CT molecular complexity index is 1070. The molecule has 0 unspecified atom stereocenters. The van der Waals surface area contributed by atoms with Gasteiger partial charge in [0.05, 0.1) is 7.11 Å². The molecule has 0 saturated carbocycles. The first-order valence-electron chi connectivity index (χ1n) is 9.14. The summed E-state index contributed by atoms with van der Waals surface area (Å²) in [5, 5.41) is 4.22. The van der Waals surface area contributed by atoms with E-state index in [9.17, 15) is 4.79 Å². The Morgan fingerprint density at radius 3 is 2.57 bits per heavy atom. The molecule has 0 aliphatic rings. The van der Waals surface area contributed by atoms with Crippen molar-refractivity contribution in [1.82, 2.24) is 15.3 Å². The summed E-state index contributed by atoms with van der Waals surface area (Å²) in [5.41, 5.74) is 3.94. The van der Waals surface area contributed by atoms with Gasteiger partial charge in [-0.3, -0.25) is 9.78 Å². The van der Waals surface area contributed by atoms with Gasteiger partial charge in [-0.05, 0) is 41.5 Å². The summed E-state index contributed by atoms with van der Waals surface area (Å²) in [4.78, 5) is 19.8. The highest BCUT2D eigenvalue weighted by molar-refractivity contribution is 5.94. The zero-order chi connectivity index (χ0) is 19.3. The Morgan fingerprint density at radius 1 is 1.07 bits per heavy atom. The highest BCUT2D eigenvalue weighted by Crippen LogP contribution is 2.31. The van der Waals surface area contributed by atoms with E-state index < -0.39 is 0 Å². The summed E-state index contributed by atoms with van der Waals surface area (Å²) < 4.78 is 5.28. The number of nitrogens with one attached hydrogen (secondary N) is 2. The van der Waals surface area contributed by atoms with Gasteiger partial charge in [0.1, 0.15) is 5.75 Å². The second-order valence-electron chi connectivity index (χ2n) is 6.56. The van der Waals surface area contributed by atoms with Gasteiger partial charge in [0.25, 0.3) is 5.91 Å². The van der Waals surface area contributed by atoms with Crippen molar-refractivity contribution in [1.29, 1.82) is 0 Å². The molecule has 0 radical (unpaired) electrons. The van der Waals surface area contributed by atoms with Gasteiger partial charge in [-0.1, -0.05) is 30.3 Å². The lowest BCUT2D eigenvalue weighted by molar-refractivity contribution is 0.0952. The molecule has 5 heteroatoms. The van der Waals surface area contributed by atoms with Crippen molar-refractivity contribution in [2.45, 2.75) is 5.92 Å². The number of nitrogens with zero attached hydrogens (tertiary/aromatic N) is 1. The monoisotopic (exact) mass is 371 g/mol. The molecule has 0 saturated heterocycles. The zero-order valence-corrected chi connectivity index (χ0v) is 15.6. The molecule has 0 spiro atoms. The van der Waals surface area contributed by atoms with Crippen molar-refractivity contribution >= 4 is 16.8 Å². The van der Waals surface area contributed by atoms with Crippen LogP contribution in [0.15, 0.2) is 79.3 Å². The Labute approximate surface area is 163 Å². The lowest BCUT2D eigenvalue weighted by Gasteiger charge is -2.18. The second kappa shape index (κ2) is 7.96. The van der Waals surface area contributed by atoms with Crippen LogP contribution in [0.4, 0.5) is 0 Å². The molecule has 5 nitrogen and oxygen atoms in total. The van der Waals surface area contributed by atoms with E-state index in [2.05, 4.69) is 27.4 Å². The van der Waals surface area contributed by atoms with Crippen molar-refractivity contribution in [3.8, 4) is 5.75 Å². The number of methoxy groups -OCH3 is 1. The highest BCUT2D eigenvalue weighted by Gasteiger charge is 2.19. The van der Waals surface area contributed by atoms with E-state index in [0.717, 1.165) is 27.8 Å². The average Bonchev–Trinajstić information content (AvgIpc) is 3.19. The molecule has 0 aliphatic heterocycles. The maximum absolute atomic E-state index is 12.5. The molecule has 2 aromatic carbocycles. The lowest BCUT2D eigenvalue weighted by Crippen LogP contribution is -2.28. The maximum Gasteiger partial charge on any atom is 0.251 e. The first-order chi connectivity index (χ1) is 13.8. The summed E-state index contributed by atoms with van der Waals surface area (Å²) in [6, 6.07) is 19.6. The molecule has 0 bridgehead atoms. The summed E-state index contributed by atoms with van der Waals surface area (Å²) in [6.07, 6.45) is 5.27. The van der Waals surface area contributed by atoms with E-state index in [0.29, 0.717) is 12.1 Å². The van der Waals surface area contributed by atoms with Gasteiger partial charge in [-0.2, -0.15) is 0 Å². The standard InChI is InChI=1S/C23H21N3O2/c1-28-18-8-6-16(7-9-18)20(14-26-23(27)17-10-12-24-13-11-17)21-15-25-22-5-3-2-4-19(21)22/h2-13,15,20,25H,14H2,1H3,(H,26,27)/t20-/m1/s1. The number of carbonyl (C=O) groups is 1. The first kappa shape index (κ1) is 17.8. The summed E-state index contributed by atoms with van der Waals surface area (Å²) in [6.45, 7) is 0.481. The Morgan fingerprint density at radius 2 is 1.82 bits per heavy atom. The Hall–Kier alpha value is -3.60. The number of H-pyrrole nitrogens is 1. The Kier molecular flexibility index (Phi) is 5.06. The molecule has 1 atom stereocenters. The minimum Gasteiger partial charge on any atom is -0.497 e. The van der Waals surface area contributed by atoms with E-state index >= 15 is 0 Å². The number of aromatic amines is 1. The van der Waals surface area contributed by atoms with Crippen LogP contribution in [0.25, 0.3) is 10.9 Å². The number of benzene rings is 2. The molecule has 1 amide bonds. The third kappa shape index (κ3) is 3.60. The highest BCUT2D eigenvalue weighted by atomic mass is 16.5. The molecule has 2 heterocycles. The van der Waals surface area contributed by atoms with E-state index in [4.69, 9.17) is 4.74 Å². The van der Waals surface area contributed by atoms with Crippen molar-refractivity contribution in [2.75, 3.05) is 13.7 Å². The van der Waals surface area contributed by atoms with E-state index in [1.165, 1.54) is 0 Å². The van der Waals surface area contributed by atoms with Crippen LogP contribution in [-0.2, 0) is 0 Å². The van der Waals surface area contributed by atoms with Crippen LogP contribution < -0.4 is 10.1 Å². The number of aromatic nitrogens is 2. The number of amides is 1. The second-order valence-corrected chi connectivity index (χ2v) is 6.56. The van der Waals surface area contributed by atoms with Crippen LogP contribution in [0.3, 0.4) is 0 Å². The largest absolute Gasteiger partial charge is 0.497 e. The molecule has 28 heavy (non-hydrogen) atoms. The van der Waals surface area contributed by atoms with Crippen LogP contribution in [0.5, 0.6) is 5.75 Å². The van der Waals surface area contributed by atoms with Crippen LogP contribution in [0, 0.1) is 0 Å². The van der Waals surface area contributed by atoms with Crippen LogP contribution >= 0.6 is 0 Å². The van der Waals surface area contributed by atoms with E-state index in [-0.39, 0.29) is 11.8 Å². The molecular weight excluding hydrogens is 350 g/mol. The fourth-order valence-corrected chi connectivity index (χ4v) is 3.43. The van der Waals surface area contributed by atoms with Crippen molar-refractivity contribution in [2.24, 2.45) is 0 Å². The molecule has 140 valence electrons. The van der Waals surface area contributed by atoms with Crippen LogP contribution in [0.1, 0.15) is 27.4 Å². The molecule has 0 fully saturated rings. The number of carbonyl (C=O) groups excluding carboxylic acids is 1. The third-order valence-electron chi connectivity index (χ3n) is 4.92. The minimum atomic E-state index is -0.110. The van der Waals surface area contributed by atoms with E-state index in [1.807, 2.05) is 42.6 Å². The lowest BCUT2D eigenvalue weighted by atomic mass is 9.90. The quantitative estimate of drug-likeness (QED) is 0.535. The smallest absolute Gasteiger partial charge is 0.251 e. The van der Waals surface area contributed by atoms with Gasteiger partial charge in [0.2, 0.25) is 0 Å². The molecule has 2 aromatic heterocycles. The number of rotatable bonds is 6. The molecule has 0 aliphatic carbocycles. The topological polar surface area (TPSA) is 67.0 Å². The van der Waals surface area contributed by atoms with Gasteiger partial charge in [-0.25, -0.2) is 0 Å². The van der Waals surface area contributed by atoms with Crippen LogP contribution in [-0.4, -0.2) is 29.5 Å².